The van der Waals surface area contributed by atoms with Gasteiger partial charge < -0.3 is 15.7 Å². The maximum absolute atomic E-state index is 11.6. The Labute approximate surface area is 111 Å². The summed E-state index contributed by atoms with van der Waals surface area (Å²) in [6, 6.07) is 5.18. The lowest BCUT2D eigenvalue weighted by atomic mass is 10.2. The summed E-state index contributed by atoms with van der Waals surface area (Å²) in [5.74, 6) is 0.525. The molecule has 0 radical (unpaired) electrons. The van der Waals surface area contributed by atoms with Crippen molar-refractivity contribution in [2.24, 2.45) is 0 Å². The highest BCUT2D eigenvalue weighted by Crippen LogP contribution is 2.21. The van der Waals surface area contributed by atoms with Crippen LogP contribution in [0.25, 0.3) is 11.0 Å². The molecule has 1 aromatic carbocycles. The van der Waals surface area contributed by atoms with Crippen molar-refractivity contribution in [3.05, 3.63) is 23.4 Å². The predicted molar refractivity (Wildman–Crippen MR) is 72.5 cm³/mol. The fourth-order valence-electron chi connectivity index (χ4n) is 1.89. The number of unbranched alkanes of at least 4 members (excludes halogenated alkanes) is 3. The standard InChI is InChI=1S/C13H18N4O2/c1-2-3-4-5-9-19-11-8-6-7-10-12(11)15-13(14)16-17(10)18/h6-8H,2-5,9H2,1H3,(H2,14,15,16). The Hall–Kier alpha value is -2.11. The average Bonchev–Trinajstić information content (AvgIpc) is 2.39. The van der Waals surface area contributed by atoms with Crippen molar-refractivity contribution < 1.29 is 9.58 Å². The number of hydrogen-bond acceptors (Lipinski definition) is 5. The molecule has 1 heterocycles. The van der Waals surface area contributed by atoms with Crippen LogP contribution in [0, 0.1) is 5.21 Å². The highest BCUT2D eigenvalue weighted by Gasteiger charge is 2.13. The van der Waals surface area contributed by atoms with Gasteiger partial charge in [-0.1, -0.05) is 32.3 Å². The molecule has 0 bridgehead atoms. The molecule has 19 heavy (non-hydrogen) atoms. The van der Waals surface area contributed by atoms with E-state index in [0.717, 1.165) is 12.8 Å². The number of nitrogens with zero attached hydrogens (tertiary/aromatic N) is 3. The van der Waals surface area contributed by atoms with Gasteiger partial charge in [-0.15, -0.1) is 0 Å². The second kappa shape index (κ2) is 6.17. The van der Waals surface area contributed by atoms with Gasteiger partial charge in [0.15, 0.2) is 11.3 Å². The summed E-state index contributed by atoms with van der Waals surface area (Å²) >= 11 is 0. The summed E-state index contributed by atoms with van der Waals surface area (Å²) in [5.41, 5.74) is 6.31. The smallest absolute Gasteiger partial charge is 0.288 e. The average molecular weight is 262 g/mol. The molecule has 0 saturated heterocycles. The van der Waals surface area contributed by atoms with Gasteiger partial charge in [0.1, 0.15) is 0 Å². The van der Waals surface area contributed by atoms with Gasteiger partial charge in [0, 0.05) is 6.07 Å². The summed E-state index contributed by atoms with van der Waals surface area (Å²) in [6.07, 6.45) is 4.52. The lowest BCUT2D eigenvalue weighted by molar-refractivity contribution is -0.641. The normalized spacial score (nSPS) is 10.8. The monoisotopic (exact) mass is 262 g/mol. The number of nitrogen functional groups attached to an aromatic ring is 1. The molecule has 0 fully saturated rings. The number of rotatable bonds is 6. The molecule has 0 aliphatic heterocycles. The van der Waals surface area contributed by atoms with E-state index in [2.05, 4.69) is 17.0 Å². The Bertz CT molecular complexity index is 560. The summed E-state index contributed by atoms with van der Waals surface area (Å²) in [7, 11) is 0. The maximum atomic E-state index is 11.6. The Morgan fingerprint density at radius 2 is 2.16 bits per heavy atom. The second-order valence-electron chi connectivity index (χ2n) is 4.38. The van der Waals surface area contributed by atoms with E-state index in [4.69, 9.17) is 10.5 Å². The van der Waals surface area contributed by atoms with E-state index in [1.807, 2.05) is 0 Å². The first-order chi connectivity index (χ1) is 9.22. The van der Waals surface area contributed by atoms with E-state index in [1.54, 1.807) is 18.2 Å². The Kier molecular flexibility index (Phi) is 4.33. The van der Waals surface area contributed by atoms with Crippen LogP contribution in [0.2, 0.25) is 0 Å². The van der Waals surface area contributed by atoms with Crippen LogP contribution in [0.15, 0.2) is 18.2 Å². The number of benzene rings is 1. The first-order valence-electron chi connectivity index (χ1n) is 6.51. The van der Waals surface area contributed by atoms with Crippen LogP contribution < -0.4 is 15.3 Å². The number of ether oxygens (including phenoxy) is 1. The van der Waals surface area contributed by atoms with Crippen molar-refractivity contribution in [3.8, 4) is 5.75 Å². The van der Waals surface area contributed by atoms with Crippen LogP contribution >= 0.6 is 0 Å². The molecule has 0 spiro atoms. The third-order valence-electron chi connectivity index (χ3n) is 2.86. The van der Waals surface area contributed by atoms with Crippen LogP contribution in [-0.2, 0) is 0 Å². The summed E-state index contributed by atoms with van der Waals surface area (Å²) in [4.78, 5) is 4.55. The van der Waals surface area contributed by atoms with Gasteiger partial charge in [-0.2, -0.15) is 4.98 Å². The van der Waals surface area contributed by atoms with Crippen molar-refractivity contribution in [1.29, 1.82) is 0 Å². The zero-order chi connectivity index (χ0) is 13.7. The van der Waals surface area contributed by atoms with Crippen LogP contribution in [0.3, 0.4) is 0 Å². The molecular formula is C13H18N4O2. The van der Waals surface area contributed by atoms with E-state index >= 15 is 0 Å². The minimum Gasteiger partial charge on any atom is -0.594 e. The molecule has 0 atom stereocenters. The fraction of sp³-hybridized carbons (Fsp3) is 0.462. The Balaban J connectivity index is 2.14. The summed E-state index contributed by atoms with van der Waals surface area (Å²) in [5, 5.41) is 15.1. The number of fused-ring (bicyclic) bond motifs is 1. The second-order valence-corrected chi connectivity index (χ2v) is 4.38. The van der Waals surface area contributed by atoms with Crippen molar-refractivity contribution in [3.63, 3.8) is 0 Å². The lowest BCUT2D eigenvalue weighted by Gasteiger charge is -2.07. The molecule has 0 aliphatic rings. The fourth-order valence-corrected chi connectivity index (χ4v) is 1.89. The first-order valence-corrected chi connectivity index (χ1v) is 6.51. The number of nitrogens with two attached hydrogens (primary N) is 1. The topological polar surface area (TPSA) is 88.0 Å². The number of hydrogen-bond donors (Lipinski definition) is 1. The van der Waals surface area contributed by atoms with E-state index in [9.17, 15) is 5.21 Å². The van der Waals surface area contributed by atoms with Crippen molar-refractivity contribution >= 4 is 17.0 Å². The van der Waals surface area contributed by atoms with Crippen LogP contribution in [0.1, 0.15) is 32.6 Å². The van der Waals surface area contributed by atoms with Crippen molar-refractivity contribution in [2.45, 2.75) is 32.6 Å². The van der Waals surface area contributed by atoms with Gasteiger partial charge >= 0.3 is 0 Å². The quantitative estimate of drug-likeness (QED) is 0.487. The zero-order valence-corrected chi connectivity index (χ0v) is 11.0. The summed E-state index contributed by atoms with van der Waals surface area (Å²) < 4.78 is 5.68. The van der Waals surface area contributed by atoms with Gasteiger partial charge in [0.05, 0.1) is 11.7 Å². The maximum Gasteiger partial charge on any atom is 0.288 e. The molecule has 0 saturated carbocycles. The van der Waals surface area contributed by atoms with Crippen LogP contribution in [-0.4, -0.2) is 16.7 Å². The number of anilines is 1. The highest BCUT2D eigenvalue weighted by atomic mass is 16.5. The van der Waals surface area contributed by atoms with Gasteiger partial charge in [-0.3, -0.25) is 0 Å². The van der Waals surface area contributed by atoms with Gasteiger partial charge in [-0.25, -0.2) is 0 Å². The van der Waals surface area contributed by atoms with Crippen LogP contribution in [0.4, 0.5) is 5.95 Å². The van der Waals surface area contributed by atoms with E-state index < -0.39 is 0 Å². The minimum absolute atomic E-state index is 0.0514. The third kappa shape index (κ3) is 3.21. The molecule has 0 aliphatic carbocycles. The molecule has 6 nitrogen and oxygen atoms in total. The van der Waals surface area contributed by atoms with E-state index in [0.29, 0.717) is 28.2 Å². The molecule has 0 amide bonds. The minimum atomic E-state index is -0.0514. The molecule has 0 unspecified atom stereocenters. The SMILES string of the molecule is CCCCCCOc1cccc2c1nc(N)n[n+]2[O-]. The van der Waals surface area contributed by atoms with E-state index in [1.165, 1.54) is 12.8 Å². The Morgan fingerprint density at radius 3 is 2.95 bits per heavy atom. The molecule has 2 N–H and O–H groups in total. The van der Waals surface area contributed by atoms with Gasteiger partial charge in [0.25, 0.3) is 11.5 Å². The molecule has 1 aromatic heterocycles. The highest BCUT2D eigenvalue weighted by molar-refractivity contribution is 5.78. The summed E-state index contributed by atoms with van der Waals surface area (Å²) in [6.45, 7) is 2.78. The lowest BCUT2D eigenvalue weighted by Crippen LogP contribution is -2.33. The molecular weight excluding hydrogens is 244 g/mol. The molecule has 2 rings (SSSR count). The zero-order valence-electron chi connectivity index (χ0n) is 11.0. The third-order valence-corrected chi connectivity index (χ3v) is 2.86. The largest absolute Gasteiger partial charge is 0.594 e. The predicted octanol–water partition coefficient (Wildman–Crippen LogP) is 1.80. The number of aromatic nitrogens is 3. The molecule has 102 valence electrons. The number of para-hydroxylation sites is 1. The molecule has 2 aromatic rings. The molecule has 6 heteroatoms. The van der Waals surface area contributed by atoms with E-state index in [-0.39, 0.29) is 5.95 Å². The van der Waals surface area contributed by atoms with Crippen molar-refractivity contribution in [2.75, 3.05) is 12.3 Å². The van der Waals surface area contributed by atoms with Crippen molar-refractivity contribution in [1.82, 2.24) is 10.1 Å². The first kappa shape index (κ1) is 13.3. The van der Waals surface area contributed by atoms with Crippen LogP contribution in [0.5, 0.6) is 5.75 Å². The Morgan fingerprint density at radius 1 is 1.32 bits per heavy atom. The van der Waals surface area contributed by atoms with Gasteiger partial charge in [0.2, 0.25) is 0 Å². The van der Waals surface area contributed by atoms with Gasteiger partial charge in [-0.05, 0) is 17.3 Å².